The SMILES string of the molecule is CCCCC/C=C\C/C=C\CCCCCCCC(=O)OC(COC(=O)CCCCCCCCCCCCCCCCCCCCCC)COP(=O)(O)OCC[N+](C)(C)C. The van der Waals surface area contributed by atoms with Crippen molar-refractivity contribution in [3.63, 3.8) is 0 Å². The van der Waals surface area contributed by atoms with E-state index >= 15 is 0 Å². The van der Waals surface area contributed by atoms with Crippen molar-refractivity contribution in [2.45, 2.75) is 232 Å². The predicted molar refractivity (Wildman–Crippen MR) is 247 cm³/mol. The van der Waals surface area contributed by atoms with Gasteiger partial charge in [-0.2, -0.15) is 0 Å². The van der Waals surface area contributed by atoms with Crippen LogP contribution in [0.3, 0.4) is 0 Å². The Labute approximate surface area is 364 Å². The van der Waals surface area contributed by atoms with Crippen molar-refractivity contribution in [3.05, 3.63) is 24.3 Å². The van der Waals surface area contributed by atoms with Gasteiger partial charge in [-0.15, -0.1) is 0 Å². The zero-order valence-corrected chi connectivity index (χ0v) is 40.1. The Hall–Kier alpha value is -1.51. The van der Waals surface area contributed by atoms with Crippen molar-refractivity contribution in [1.29, 1.82) is 0 Å². The Kier molecular flexibility index (Phi) is 40.8. The molecule has 348 valence electrons. The average molecular weight is 857 g/mol. The zero-order chi connectivity index (χ0) is 43.6. The van der Waals surface area contributed by atoms with E-state index < -0.39 is 26.5 Å². The smallest absolute Gasteiger partial charge is 0.462 e. The van der Waals surface area contributed by atoms with Gasteiger partial charge >= 0.3 is 19.8 Å². The van der Waals surface area contributed by atoms with Crippen molar-refractivity contribution >= 4 is 19.8 Å². The minimum Gasteiger partial charge on any atom is -0.462 e. The molecule has 0 bridgehead atoms. The summed E-state index contributed by atoms with van der Waals surface area (Å²) in [7, 11) is 1.47. The number of phosphoric ester groups is 1. The summed E-state index contributed by atoms with van der Waals surface area (Å²) in [5, 5.41) is 0. The highest BCUT2D eigenvalue weighted by Crippen LogP contribution is 2.43. The molecule has 0 aliphatic carbocycles. The van der Waals surface area contributed by atoms with Gasteiger partial charge < -0.3 is 18.9 Å². The molecule has 9 nitrogen and oxygen atoms in total. The predicted octanol–water partition coefficient (Wildman–Crippen LogP) is 14.3. The number of quaternary nitrogens is 1. The van der Waals surface area contributed by atoms with Crippen LogP contribution in [-0.2, 0) is 32.7 Å². The fourth-order valence-electron chi connectivity index (χ4n) is 6.87. The average Bonchev–Trinajstić information content (AvgIpc) is 3.19. The van der Waals surface area contributed by atoms with Gasteiger partial charge in [-0.3, -0.25) is 18.6 Å². The molecule has 0 aromatic heterocycles. The summed E-state index contributed by atoms with van der Waals surface area (Å²) in [6.07, 6.45) is 46.5. The number of rotatable bonds is 45. The second kappa shape index (κ2) is 41.8. The monoisotopic (exact) mass is 857 g/mol. The molecule has 0 aromatic rings. The van der Waals surface area contributed by atoms with Crippen LogP contribution in [0.4, 0.5) is 0 Å². The van der Waals surface area contributed by atoms with E-state index in [9.17, 15) is 19.0 Å². The maximum absolute atomic E-state index is 12.7. The van der Waals surface area contributed by atoms with Gasteiger partial charge in [0.2, 0.25) is 0 Å². The molecule has 0 aromatic carbocycles. The largest absolute Gasteiger partial charge is 0.472 e. The van der Waals surface area contributed by atoms with Crippen LogP contribution < -0.4 is 0 Å². The van der Waals surface area contributed by atoms with E-state index in [0.29, 0.717) is 23.9 Å². The van der Waals surface area contributed by atoms with E-state index in [4.69, 9.17) is 18.5 Å². The van der Waals surface area contributed by atoms with Gasteiger partial charge in [0.25, 0.3) is 0 Å². The number of nitrogens with zero attached hydrogens (tertiary/aromatic N) is 1. The van der Waals surface area contributed by atoms with E-state index in [2.05, 4.69) is 38.2 Å². The van der Waals surface area contributed by atoms with Gasteiger partial charge in [0.1, 0.15) is 19.8 Å². The minimum atomic E-state index is -4.38. The van der Waals surface area contributed by atoms with E-state index in [1.165, 1.54) is 135 Å². The molecule has 59 heavy (non-hydrogen) atoms. The fourth-order valence-corrected chi connectivity index (χ4v) is 7.61. The molecule has 0 rings (SSSR count). The first kappa shape index (κ1) is 57.5. The molecule has 0 spiro atoms. The van der Waals surface area contributed by atoms with Crippen molar-refractivity contribution in [3.8, 4) is 0 Å². The van der Waals surface area contributed by atoms with Gasteiger partial charge in [-0.1, -0.05) is 192 Å². The molecule has 2 unspecified atom stereocenters. The molecule has 0 amide bonds. The molecule has 0 saturated carbocycles. The van der Waals surface area contributed by atoms with Crippen LogP contribution in [0.2, 0.25) is 0 Å². The zero-order valence-electron chi connectivity index (χ0n) is 39.2. The van der Waals surface area contributed by atoms with Gasteiger partial charge in [0.15, 0.2) is 6.10 Å². The third kappa shape index (κ3) is 45.8. The Morgan fingerprint density at radius 2 is 0.915 bits per heavy atom. The first-order valence-electron chi connectivity index (χ1n) is 24.6. The Balaban J connectivity index is 4.25. The number of unbranched alkanes of at least 4 members (excludes halogenated alkanes) is 27. The highest BCUT2D eigenvalue weighted by atomic mass is 31.2. The second-order valence-corrected chi connectivity index (χ2v) is 19.3. The summed E-state index contributed by atoms with van der Waals surface area (Å²) in [5.41, 5.74) is 0. The molecule has 0 aliphatic heterocycles. The number of phosphoric acid groups is 1. The van der Waals surface area contributed by atoms with Crippen LogP contribution in [-0.4, -0.2) is 74.9 Å². The number of ether oxygens (including phenoxy) is 2. The summed E-state index contributed by atoms with van der Waals surface area (Å²) in [5.74, 6) is -0.804. The van der Waals surface area contributed by atoms with Gasteiger partial charge in [-0.05, 0) is 44.9 Å². The van der Waals surface area contributed by atoms with Crippen LogP contribution in [0.15, 0.2) is 24.3 Å². The Bertz CT molecular complexity index is 1060. The van der Waals surface area contributed by atoms with Crippen LogP contribution in [0.25, 0.3) is 0 Å². The third-order valence-electron chi connectivity index (χ3n) is 10.7. The minimum absolute atomic E-state index is 0.0308. The first-order valence-corrected chi connectivity index (χ1v) is 26.1. The Morgan fingerprint density at radius 3 is 1.37 bits per heavy atom. The third-order valence-corrected chi connectivity index (χ3v) is 11.7. The summed E-state index contributed by atoms with van der Waals surface area (Å²) in [4.78, 5) is 35.5. The number of hydrogen-bond donors (Lipinski definition) is 1. The number of likely N-dealkylation sites (N-methyl/N-ethyl adjacent to an activating group) is 1. The van der Waals surface area contributed by atoms with Gasteiger partial charge in [-0.25, -0.2) is 4.57 Å². The lowest BCUT2D eigenvalue weighted by atomic mass is 10.0. The first-order chi connectivity index (χ1) is 28.5. The van der Waals surface area contributed by atoms with E-state index in [0.717, 1.165) is 57.8 Å². The molecule has 2 atom stereocenters. The number of hydrogen-bond acceptors (Lipinski definition) is 7. The molecule has 1 N–H and O–H groups in total. The maximum atomic E-state index is 12.7. The summed E-state index contributed by atoms with van der Waals surface area (Å²) in [6, 6.07) is 0. The molecular weight excluding hydrogens is 762 g/mol. The number of esters is 2. The van der Waals surface area contributed by atoms with Crippen molar-refractivity contribution < 1.29 is 42.1 Å². The molecule has 10 heteroatoms. The quantitative estimate of drug-likeness (QED) is 0.0212. The van der Waals surface area contributed by atoms with Crippen molar-refractivity contribution in [2.24, 2.45) is 0 Å². The maximum Gasteiger partial charge on any atom is 0.472 e. The lowest BCUT2D eigenvalue weighted by molar-refractivity contribution is -0.870. The summed E-state index contributed by atoms with van der Waals surface area (Å²) < 4.78 is 34.4. The second-order valence-electron chi connectivity index (χ2n) is 17.9. The lowest BCUT2D eigenvalue weighted by Gasteiger charge is -2.24. The summed E-state index contributed by atoms with van der Waals surface area (Å²) >= 11 is 0. The van der Waals surface area contributed by atoms with Crippen LogP contribution >= 0.6 is 7.82 Å². The molecule has 0 saturated heterocycles. The molecule has 0 fully saturated rings. The molecular formula is C49H95NO8P+. The van der Waals surface area contributed by atoms with Crippen molar-refractivity contribution in [2.75, 3.05) is 47.5 Å². The number of carbonyl (C=O) groups excluding carboxylic acids is 2. The van der Waals surface area contributed by atoms with Gasteiger partial charge in [0.05, 0.1) is 27.7 Å². The van der Waals surface area contributed by atoms with Crippen molar-refractivity contribution in [1.82, 2.24) is 0 Å². The topological polar surface area (TPSA) is 108 Å². The molecule has 0 radical (unpaired) electrons. The summed E-state index contributed by atoms with van der Waals surface area (Å²) in [6.45, 7) is 4.41. The highest BCUT2D eigenvalue weighted by Gasteiger charge is 2.27. The standard InChI is InChI=1S/C49H94NO8P/c1-6-8-10-12-14-16-18-20-22-23-24-25-26-28-29-31-33-35-37-39-41-48(51)55-45-47(46-57-59(53,54)56-44-43-50(3,4)5)58-49(52)42-40-38-36-34-32-30-27-21-19-17-15-13-11-9-7-2/h15,17,21,27,47H,6-14,16,18-20,22-26,28-46H2,1-5H3/p+1/b17-15-,27-21-. The van der Waals surface area contributed by atoms with Crippen LogP contribution in [0.5, 0.6) is 0 Å². The number of allylic oxidation sites excluding steroid dienone is 4. The van der Waals surface area contributed by atoms with Gasteiger partial charge in [0, 0.05) is 12.8 Å². The van der Waals surface area contributed by atoms with E-state index in [1.54, 1.807) is 0 Å². The van der Waals surface area contributed by atoms with Crippen LogP contribution in [0.1, 0.15) is 226 Å². The highest BCUT2D eigenvalue weighted by molar-refractivity contribution is 7.47. The number of carbonyl (C=O) groups is 2. The molecule has 0 aliphatic rings. The van der Waals surface area contributed by atoms with Crippen LogP contribution in [0, 0.1) is 0 Å². The van der Waals surface area contributed by atoms with E-state index in [1.807, 2.05) is 21.1 Å². The normalized spacial score (nSPS) is 13.7. The molecule has 0 heterocycles. The van der Waals surface area contributed by atoms with E-state index in [-0.39, 0.29) is 25.6 Å². The Morgan fingerprint density at radius 1 is 0.525 bits per heavy atom. The lowest BCUT2D eigenvalue weighted by Crippen LogP contribution is -2.37. The fraction of sp³-hybridized carbons (Fsp3) is 0.878.